The molecule has 0 amide bonds. The van der Waals surface area contributed by atoms with E-state index in [-0.39, 0.29) is 5.75 Å². The lowest BCUT2D eigenvalue weighted by atomic mass is 10.1. The van der Waals surface area contributed by atoms with Gasteiger partial charge in [-0.25, -0.2) is 5.26 Å². The number of halogens is 3. The minimum absolute atomic E-state index is 0.190. The van der Waals surface area contributed by atoms with E-state index in [0.29, 0.717) is 18.8 Å². The van der Waals surface area contributed by atoms with Crippen molar-refractivity contribution in [3.05, 3.63) is 29.8 Å². The van der Waals surface area contributed by atoms with Crippen LogP contribution in [0.15, 0.2) is 24.3 Å². The van der Waals surface area contributed by atoms with Gasteiger partial charge in [0, 0.05) is 0 Å². The predicted molar refractivity (Wildman–Crippen MR) is 86.8 cm³/mol. The maximum atomic E-state index is 12.4. The normalized spacial score (nSPS) is 12.3. The average molecular weight is 384 g/mol. The highest BCUT2D eigenvalue weighted by atomic mass is 32.2. The molecule has 0 spiro atoms. The van der Waals surface area contributed by atoms with Gasteiger partial charge in [-0.2, -0.15) is 21.6 Å². The summed E-state index contributed by atoms with van der Waals surface area (Å²) in [5, 5.41) is 8.10. The van der Waals surface area contributed by atoms with Crippen molar-refractivity contribution in [2.45, 2.75) is 51.1 Å². The first kappa shape index (κ1) is 21.7. The molecule has 0 aliphatic carbocycles. The zero-order valence-electron chi connectivity index (χ0n) is 13.8. The average Bonchev–Trinajstić information content (AvgIpc) is 2.56. The highest BCUT2D eigenvalue weighted by Crippen LogP contribution is 2.30. The Labute approximate surface area is 145 Å². The molecule has 0 atom stereocenters. The second-order valence-corrected chi connectivity index (χ2v) is 7.35. The molecule has 1 aromatic rings. The van der Waals surface area contributed by atoms with E-state index in [4.69, 9.17) is 9.99 Å². The summed E-state index contributed by atoms with van der Waals surface area (Å²) in [4.78, 5) is 0. The molecule has 0 saturated heterocycles. The van der Waals surface area contributed by atoms with Crippen molar-refractivity contribution in [3.8, 4) is 5.75 Å². The number of hydrogen-bond donors (Lipinski definition) is 1. The molecule has 1 rings (SSSR count). The Morgan fingerprint density at radius 2 is 1.40 bits per heavy atom. The lowest BCUT2D eigenvalue weighted by Crippen LogP contribution is -2.07. The largest absolute Gasteiger partial charge is 0.494 e. The molecule has 0 saturated carbocycles. The van der Waals surface area contributed by atoms with Crippen molar-refractivity contribution in [2.24, 2.45) is 0 Å². The van der Waals surface area contributed by atoms with Gasteiger partial charge < -0.3 is 4.74 Å². The van der Waals surface area contributed by atoms with Crippen molar-refractivity contribution < 1.29 is 35.9 Å². The van der Waals surface area contributed by atoms with Gasteiger partial charge in [0.25, 0.3) is 10.1 Å². The van der Waals surface area contributed by atoms with Gasteiger partial charge in [0.05, 0.1) is 17.9 Å². The summed E-state index contributed by atoms with van der Waals surface area (Å²) < 4.78 is 67.7. The number of alkyl halides is 3. The molecule has 0 radical (unpaired) electrons. The number of benzene rings is 1. The summed E-state index contributed by atoms with van der Waals surface area (Å²) in [5.74, 6) is 0.227. The van der Waals surface area contributed by atoms with Gasteiger partial charge in [-0.05, 0) is 37.1 Å². The molecule has 5 nitrogen and oxygen atoms in total. The topological polar surface area (TPSA) is 72.8 Å². The van der Waals surface area contributed by atoms with Crippen molar-refractivity contribution in [1.82, 2.24) is 0 Å². The Morgan fingerprint density at radius 3 is 1.92 bits per heavy atom. The van der Waals surface area contributed by atoms with Crippen molar-refractivity contribution in [3.63, 3.8) is 0 Å². The molecule has 1 aromatic carbocycles. The Morgan fingerprint density at radius 1 is 0.880 bits per heavy atom. The SMILES string of the molecule is O=S(=O)(CCCCCCCCCOc1ccc(C(F)(F)F)cc1)OO. The molecular formula is C16H23F3O5S. The molecule has 0 bridgehead atoms. The molecule has 0 heterocycles. The van der Waals surface area contributed by atoms with Crippen LogP contribution in [-0.2, 0) is 20.6 Å². The molecule has 0 aliphatic rings. The predicted octanol–water partition coefficient (Wildman–Crippen LogP) is 4.63. The van der Waals surface area contributed by atoms with E-state index in [1.54, 1.807) is 0 Å². The fourth-order valence-electron chi connectivity index (χ4n) is 2.23. The number of hydrogen-bond acceptors (Lipinski definition) is 5. The van der Waals surface area contributed by atoms with Crippen LogP contribution in [0.5, 0.6) is 5.75 Å². The van der Waals surface area contributed by atoms with Gasteiger partial charge in [0.2, 0.25) is 0 Å². The van der Waals surface area contributed by atoms with E-state index >= 15 is 0 Å². The first-order chi connectivity index (χ1) is 11.7. The Balaban J connectivity index is 2.02. The zero-order valence-corrected chi connectivity index (χ0v) is 14.6. The highest BCUT2D eigenvalue weighted by Gasteiger charge is 2.29. The molecular weight excluding hydrogens is 361 g/mol. The summed E-state index contributed by atoms with van der Waals surface area (Å²) in [6.45, 7) is 0.442. The zero-order chi connectivity index (χ0) is 18.8. The van der Waals surface area contributed by atoms with Crippen molar-refractivity contribution >= 4 is 10.1 Å². The first-order valence-corrected chi connectivity index (χ1v) is 9.68. The third kappa shape index (κ3) is 9.66. The van der Waals surface area contributed by atoms with Gasteiger partial charge >= 0.3 is 6.18 Å². The summed E-state index contributed by atoms with van der Waals surface area (Å²) in [5.41, 5.74) is -0.696. The third-order valence-electron chi connectivity index (χ3n) is 3.60. The molecule has 1 N–H and O–H groups in total. The maximum Gasteiger partial charge on any atom is 0.416 e. The Hall–Kier alpha value is -1.32. The number of rotatable bonds is 12. The molecule has 25 heavy (non-hydrogen) atoms. The maximum absolute atomic E-state index is 12.4. The van der Waals surface area contributed by atoms with Crippen LogP contribution >= 0.6 is 0 Å². The molecule has 9 heteroatoms. The highest BCUT2D eigenvalue weighted by molar-refractivity contribution is 7.86. The smallest absolute Gasteiger partial charge is 0.416 e. The fraction of sp³-hybridized carbons (Fsp3) is 0.625. The monoisotopic (exact) mass is 384 g/mol. The summed E-state index contributed by atoms with van der Waals surface area (Å²) in [7, 11) is -3.78. The van der Waals surface area contributed by atoms with Crippen molar-refractivity contribution in [1.29, 1.82) is 0 Å². The molecule has 0 aliphatic heterocycles. The summed E-state index contributed by atoms with van der Waals surface area (Å²) >= 11 is 0. The van der Waals surface area contributed by atoms with E-state index in [1.165, 1.54) is 12.1 Å². The second kappa shape index (κ2) is 10.6. The lowest BCUT2D eigenvalue weighted by Gasteiger charge is -2.09. The Bertz CT molecular complexity index is 585. The fourth-order valence-corrected chi connectivity index (χ4v) is 2.86. The van der Waals surface area contributed by atoms with E-state index in [9.17, 15) is 21.6 Å². The molecule has 0 aromatic heterocycles. The van der Waals surface area contributed by atoms with Gasteiger partial charge in [0.15, 0.2) is 0 Å². The molecule has 0 unspecified atom stereocenters. The van der Waals surface area contributed by atoms with Crippen LogP contribution < -0.4 is 4.74 Å². The summed E-state index contributed by atoms with van der Waals surface area (Å²) in [6.07, 6.45) is 1.39. The van der Waals surface area contributed by atoms with E-state index < -0.39 is 21.9 Å². The second-order valence-electron chi connectivity index (χ2n) is 5.68. The van der Waals surface area contributed by atoms with Crippen LogP contribution in [0.1, 0.15) is 50.5 Å². The van der Waals surface area contributed by atoms with Gasteiger partial charge in [-0.3, -0.25) is 0 Å². The standard InChI is InChI=1S/C16H23F3O5S/c17-16(18,19)14-8-10-15(11-9-14)23-12-6-4-2-1-3-5-7-13-25(21,22)24-20/h8-11,20H,1-7,12-13H2. The van der Waals surface area contributed by atoms with Crippen LogP contribution in [0.25, 0.3) is 0 Å². The third-order valence-corrected chi connectivity index (χ3v) is 4.62. The lowest BCUT2D eigenvalue weighted by molar-refractivity contribution is -0.137. The summed E-state index contributed by atoms with van der Waals surface area (Å²) in [6, 6.07) is 4.62. The quantitative estimate of drug-likeness (QED) is 0.323. The molecule has 0 fully saturated rings. The van der Waals surface area contributed by atoms with Gasteiger partial charge in [-0.15, -0.1) is 4.33 Å². The van der Waals surface area contributed by atoms with Crippen LogP contribution in [0.3, 0.4) is 0 Å². The Kier molecular flexibility index (Phi) is 9.23. The number of unbranched alkanes of at least 4 members (excludes halogenated alkanes) is 6. The minimum atomic E-state index is -4.34. The van der Waals surface area contributed by atoms with Crippen LogP contribution in [-0.4, -0.2) is 26.0 Å². The van der Waals surface area contributed by atoms with E-state index in [2.05, 4.69) is 4.33 Å². The van der Waals surface area contributed by atoms with E-state index in [1.807, 2.05) is 0 Å². The van der Waals surface area contributed by atoms with Crippen LogP contribution in [0.2, 0.25) is 0 Å². The van der Waals surface area contributed by atoms with Crippen LogP contribution in [0.4, 0.5) is 13.2 Å². The van der Waals surface area contributed by atoms with Gasteiger partial charge in [-0.1, -0.05) is 32.1 Å². The first-order valence-electron chi connectivity index (χ1n) is 8.10. The van der Waals surface area contributed by atoms with Crippen molar-refractivity contribution in [2.75, 3.05) is 12.4 Å². The van der Waals surface area contributed by atoms with Crippen LogP contribution in [0, 0.1) is 0 Å². The number of ether oxygens (including phenoxy) is 1. The van der Waals surface area contributed by atoms with E-state index in [0.717, 1.165) is 50.7 Å². The molecule has 144 valence electrons. The minimum Gasteiger partial charge on any atom is -0.494 e. The van der Waals surface area contributed by atoms with Gasteiger partial charge in [0.1, 0.15) is 5.75 Å².